The van der Waals surface area contributed by atoms with Crippen molar-refractivity contribution in [2.45, 2.75) is 54.7 Å². The molecular weight excluding hydrogens is 591 g/mol. The van der Waals surface area contributed by atoms with Crippen molar-refractivity contribution >= 4 is 34.6 Å². The molecule has 1 aliphatic carbocycles. The number of nitrogens with zero attached hydrogens (tertiary/aromatic N) is 1. The lowest BCUT2D eigenvalue weighted by atomic mass is 9.57. The molecule has 3 heteroatoms. The number of benzene rings is 6. The van der Waals surface area contributed by atoms with Gasteiger partial charge < -0.3 is 4.90 Å². The average molecular weight is 626 g/mol. The van der Waals surface area contributed by atoms with Crippen LogP contribution in [0.25, 0.3) is 11.1 Å². The van der Waals surface area contributed by atoms with Crippen LogP contribution in [0.15, 0.2) is 137 Å². The van der Waals surface area contributed by atoms with Crippen molar-refractivity contribution in [1.82, 2.24) is 0 Å². The third-order valence-electron chi connectivity index (χ3n) is 10.4. The van der Waals surface area contributed by atoms with Gasteiger partial charge in [-0.2, -0.15) is 0 Å². The molecule has 0 N–H and O–H groups in total. The Morgan fingerprint density at radius 1 is 0.553 bits per heavy atom. The second-order valence-corrected chi connectivity index (χ2v) is 14.7. The van der Waals surface area contributed by atoms with E-state index in [-0.39, 0.29) is 5.78 Å². The fourth-order valence-electron chi connectivity index (χ4n) is 8.46. The molecular formula is C44H35NOS. The lowest BCUT2D eigenvalue weighted by molar-refractivity contribution is 0.103. The van der Waals surface area contributed by atoms with Crippen LogP contribution in [0.3, 0.4) is 0 Å². The maximum atomic E-state index is 14.0. The van der Waals surface area contributed by atoms with Crippen LogP contribution >= 0.6 is 11.8 Å². The van der Waals surface area contributed by atoms with E-state index < -0.39 is 5.41 Å². The second-order valence-electron chi connectivity index (χ2n) is 13.6. The Balaban J connectivity index is 1.37. The molecule has 2 heterocycles. The Labute approximate surface area is 281 Å². The van der Waals surface area contributed by atoms with Gasteiger partial charge in [0.2, 0.25) is 0 Å². The Kier molecular flexibility index (Phi) is 6.23. The molecule has 0 bridgehead atoms. The molecule has 47 heavy (non-hydrogen) atoms. The molecule has 1 spiro atoms. The molecule has 6 aromatic rings. The molecule has 9 rings (SSSR count). The van der Waals surface area contributed by atoms with Gasteiger partial charge in [0.05, 0.1) is 22.5 Å². The van der Waals surface area contributed by atoms with Crippen molar-refractivity contribution in [2.24, 2.45) is 0 Å². The number of rotatable bonds is 3. The molecule has 0 unspecified atom stereocenters. The Morgan fingerprint density at radius 2 is 1.13 bits per heavy atom. The highest BCUT2D eigenvalue weighted by Crippen LogP contribution is 2.65. The van der Waals surface area contributed by atoms with Gasteiger partial charge in [0.25, 0.3) is 0 Å². The number of fused-ring (bicyclic) bond motifs is 10. The maximum Gasteiger partial charge on any atom is 0.193 e. The Bertz CT molecular complexity index is 2200. The molecule has 0 saturated carbocycles. The Morgan fingerprint density at radius 3 is 1.79 bits per heavy atom. The van der Waals surface area contributed by atoms with Gasteiger partial charge >= 0.3 is 0 Å². The standard InChI is InChI=1S/C44H35NOS/c1-26(2)29-15-11-16-30(27(3)4)41(29)28-23-24-39-38(25-28)45-37-21-10-9-19-35(37)44(36-20-12-22-40(47-39)42(36)45)33-17-7-5-13-31(33)43(46)32-14-6-8-18-34(32)44/h5-27H,1-4H3. The van der Waals surface area contributed by atoms with Crippen molar-refractivity contribution in [3.05, 3.63) is 172 Å². The van der Waals surface area contributed by atoms with Crippen LogP contribution in [0, 0.1) is 0 Å². The number of hydrogen-bond acceptors (Lipinski definition) is 3. The predicted octanol–water partition coefficient (Wildman–Crippen LogP) is 11.8. The zero-order valence-electron chi connectivity index (χ0n) is 27.0. The summed E-state index contributed by atoms with van der Waals surface area (Å²) in [6.07, 6.45) is 0. The molecule has 0 saturated heterocycles. The van der Waals surface area contributed by atoms with Gasteiger partial charge in [-0.1, -0.05) is 143 Å². The molecule has 6 aromatic carbocycles. The number of hydrogen-bond donors (Lipinski definition) is 0. The highest BCUT2D eigenvalue weighted by Gasteiger charge is 2.52. The van der Waals surface area contributed by atoms with Crippen molar-refractivity contribution in [3.8, 4) is 11.1 Å². The van der Waals surface area contributed by atoms with E-state index in [0.29, 0.717) is 11.8 Å². The third-order valence-corrected chi connectivity index (χ3v) is 11.5. The highest BCUT2D eigenvalue weighted by atomic mass is 32.2. The summed E-state index contributed by atoms with van der Waals surface area (Å²) in [6, 6.07) is 46.0. The van der Waals surface area contributed by atoms with Crippen LogP contribution in [0.5, 0.6) is 0 Å². The average Bonchev–Trinajstić information content (AvgIpc) is 3.10. The normalized spacial score (nSPS) is 14.9. The van der Waals surface area contributed by atoms with E-state index in [1.807, 2.05) is 36.0 Å². The summed E-state index contributed by atoms with van der Waals surface area (Å²) in [5.41, 5.74) is 14.4. The van der Waals surface area contributed by atoms with E-state index >= 15 is 0 Å². The molecule has 0 radical (unpaired) electrons. The number of para-hydroxylation sites is 2. The SMILES string of the molecule is CC(C)c1cccc(C(C)C)c1-c1ccc2c(c1)N1c3ccccc3C3(c4ccccc4C(=O)c4ccccc43)c3cccc(c31)S2. The predicted molar refractivity (Wildman–Crippen MR) is 194 cm³/mol. The van der Waals surface area contributed by atoms with Crippen LogP contribution in [0.4, 0.5) is 17.1 Å². The zero-order chi connectivity index (χ0) is 32.0. The van der Waals surface area contributed by atoms with Crippen LogP contribution < -0.4 is 4.90 Å². The van der Waals surface area contributed by atoms with Gasteiger partial charge in [0.1, 0.15) is 0 Å². The van der Waals surface area contributed by atoms with E-state index in [0.717, 1.165) is 27.9 Å². The lowest BCUT2D eigenvalue weighted by Crippen LogP contribution is -2.42. The quantitative estimate of drug-likeness (QED) is 0.195. The third kappa shape index (κ3) is 3.78. The van der Waals surface area contributed by atoms with Gasteiger partial charge in [0, 0.05) is 20.9 Å². The van der Waals surface area contributed by atoms with Crippen molar-refractivity contribution in [3.63, 3.8) is 0 Å². The van der Waals surface area contributed by atoms with Crippen molar-refractivity contribution < 1.29 is 4.79 Å². The van der Waals surface area contributed by atoms with Gasteiger partial charge in [-0.3, -0.25) is 4.79 Å². The first-order chi connectivity index (χ1) is 22.9. The van der Waals surface area contributed by atoms with Gasteiger partial charge in [-0.15, -0.1) is 0 Å². The summed E-state index contributed by atoms with van der Waals surface area (Å²) in [5.74, 6) is 0.915. The van der Waals surface area contributed by atoms with E-state index in [4.69, 9.17) is 0 Å². The smallest absolute Gasteiger partial charge is 0.193 e. The molecule has 0 amide bonds. The molecule has 0 fully saturated rings. The summed E-state index contributed by atoms with van der Waals surface area (Å²) in [4.78, 5) is 19.0. The summed E-state index contributed by atoms with van der Waals surface area (Å²) in [6.45, 7) is 9.19. The van der Waals surface area contributed by atoms with Gasteiger partial charge in [0.15, 0.2) is 5.78 Å². The van der Waals surface area contributed by atoms with E-state index in [9.17, 15) is 4.79 Å². The monoisotopic (exact) mass is 625 g/mol. The van der Waals surface area contributed by atoms with Crippen molar-refractivity contribution in [2.75, 3.05) is 4.90 Å². The molecule has 2 aliphatic heterocycles. The topological polar surface area (TPSA) is 20.3 Å². The summed E-state index contributed by atoms with van der Waals surface area (Å²) < 4.78 is 0. The maximum absolute atomic E-state index is 14.0. The number of ketones is 1. The van der Waals surface area contributed by atoms with E-state index in [2.05, 4.69) is 136 Å². The Hall–Kier alpha value is -4.86. The van der Waals surface area contributed by atoms with E-state index in [1.165, 1.54) is 54.5 Å². The molecule has 0 aromatic heterocycles. The van der Waals surface area contributed by atoms with Crippen LogP contribution in [-0.4, -0.2) is 5.78 Å². The number of anilines is 3. The first-order valence-electron chi connectivity index (χ1n) is 16.6. The van der Waals surface area contributed by atoms with Crippen LogP contribution in [-0.2, 0) is 5.41 Å². The minimum Gasteiger partial charge on any atom is -0.308 e. The highest BCUT2D eigenvalue weighted by molar-refractivity contribution is 7.99. The number of carbonyl (C=O) groups is 1. The zero-order valence-corrected chi connectivity index (χ0v) is 27.9. The second kappa shape index (κ2) is 10.3. The minimum atomic E-state index is -0.635. The lowest BCUT2D eigenvalue weighted by Gasteiger charge is -2.50. The summed E-state index contributed by atoms with van der Waals surface area (Å²) in [5, 5.41) is 0. The first-order valence-corrected chi connectivity index (χ1v) is 17.4. The minimum absolute atomic E-state index is 0.0978. The molecule has 0 atom stereocenters. The van der Waals surface area contributed by atoms with Gasteiger partial charge in [-0.05, 0) is 80.6 Å². The van der Waals surface area contributed by atoms with Crippen LogP contribution in [0.2, 0.25) is 0 Å². The van der Waals surface area contributed by atoms with E-state index in [1.54, 1.807) is 0 Å². The summed E-state index contributed by atoms with van der Waals surface area (Å²) in [7, 11) is 0. The first kappa shape index (κ1) is 28.4. The molecule has 2 nitrogen and oxygen atoms in total. The van der Waals surface area contributed by atoms with Gasteiger partial charge in [-0.25, -0.2) is 0 Å². The molecule has 3 aliphatic rings. The molecule has 228 valence electrons. The largest absolute Gasteiger partial charge is 0.308 e. The summed E-state index contributed by atoms with van der Waals surface area (Å²) >= 11 is 1.85. The van der Waals surface area contributed by atoms with Crippen molar-refractivity contribution in [1.29, 1.82) is 0 Å². The fourth-order valence-corrected chi connectivity index (χ4v) is 9.54. The number of carbonyl (C=O) groups excluding carboxylic acids is 1. The van der Waals surface area contributed by atoms with Crippen LogP contribution in [0.1, 0.15) is 88.8 Å². The fraction of sp³-hybridized carbons (Fsp3) is 0.159.